The number of carbonyl (C=O) groups excluding carboxylic acids is 1. The molecule has 2 aliphatic rings. The van der Waals surface area contributed by atoms with Crippen molar-refractivity contribution < 1.29 is 4.79 Å². The van der Waals surface area contributed by atoms with Crippen molar-refractivity contribution in [1.29, 1.82) is 0 Å². The number of hydrazone groups is 2. The van der Waals surface area contributed by atoms with Gasteiger partial charge >= 0.3 is 0 Å². The smallest absolute Gasteiger partial charge is 0.271 e. The molecule has 136 valence electrons. The Balaban J connectivity index is 1.44. The van der Waals surface area contributed by atoms with Crippen LogP contribution in [-0.4, -0.2) is 18.3 Å². The lowest BCUT2D eigenvalue weighted by atomic mass is 9.96. The maximum Gasteiger partial charge on any atom is 0.271 e. The van der Waals surface area contributed by atoms with Crippen LogP contribution in [0, 0.1) is 11.8 Å². The van der Waals surface area contributed by atoms with Crippen LogP contribution in [-0.2, 0) is 0 Å². The summed E-state index contributed by atoms with van der Waals surface area (Å²) in [5.41, 5.74) is 7.07. The van der Waals surface area contributed by atoms with Crippen molar-refractivity contribution in [3.05, 3.63) is 54.1 Å². The molecule has 3 rings (SSSR count). The standard InChI is InChI=1S/C21H26N4O/c26-21(25-23-16-18-9-5-2-6-10-18)19-11-13-20(14-12-19)24-22-15-17-7-3-1-4-8-17/h1-3,5,11-18,24H,4,6-10H2,(H,25,26)/b22-15-,23-16-/t17-,18-/m0/s1. The Morgan fingerprint density at radius 3 is 2.08 bits per heavy atom. The fourth-order valence-electron chi connectivity index (χ4n) is 3.08. The number of rotatable bonds is 6. The first-order valence-corrected chi connectivity index (χ1v) is 9.34. The summed E-state index contributed by atoms with van der Waals surface area (Å²) in [6.07, 6.45) is 19.1. The second kappa shape index (κ2) is 9.70. The summed E-state index contributed by atoms with van der Waals surface area (Å²) in [6.45, 7) is 0. The summed E-state index contributed by atoms with van der Waals surface area (Å²) in [5, 5.41) is 8.39. The number of nitrogens with one attached hydrogen (secondary N) is 2. The highest BCUT2D eigenvalue weighted by Gasteiger charge is 2.08. The fraction of sp³-hybridized carbons (Fsp3) is 0.381. The third-order valence-electron chi connectivity index (χ3n) is 4.70. The van der Waals surface area contributed by atoms with Crippen LogP contribution in [0.3, 0.4) is 0 Å². The molecule has 0 unspecified atom stereocenters. The van der Waals surface area contributed by atoms with Crippen LogP contribution in [0.5, 0.6) is 0 Å². The van der Waals surface area contributed by atoms with Crippen LogP contribution in [0.2, 0.25) is 0 Å². The minimum absolute atomic E-state index is 0.198. The molecule has 0 saturated heterocycles. The van der Waals surface area contributed by atoms with Crippen molar-refractivity contribution in [2.24, 2.45) is 22.0 Å². The van der Waals surface area contributed by atoms with E-state index in [2.05, 4.69) is 45.4 Å². The van der Waals surface area contributed by atoms with Gasteiger partial charge in [0.15, 0.2) is 0 Å². The third-order valence-corrected chi connectivity index (χ3v) is 4.70. The van der Waals surface area contributed by atoms with E-state index in [1.807, 2.05) is 24.6 Å². The van der Waals surface area contributed by atoms with E-state index in [4.69, 9.17) is 0 Å². The number of benzene rings is 1. The monoisotopic (exact) mass is 350 g/mol. The Morgan fingerprint density at radius 2 is 1.50 bits per heavy atom. The summed E-state index contributed by atoms with van der Waals surface area (Å²) in [6, 6.07) is 7.25. The molecular formula is C21H26N4O. The van der Waals surface area contributed by atoms with E-state index in [-0.39, 0.29) is 5.91 Å². The Morgan fingerprint density at radius 1 is 0.885 bits per heavy atom. The Bertz CT molecular complexity index is 703. The fourth-order valence-corrected chi connectivity index (χ4v) is 3.08. The quantitative estimate of drug-likeness (QED) is 0.450. The number of anilines is 1. The maximum atomic E-state index is 12.1. The number of hydrogen-bond acceptors (Lipinski definition) is 4. The molecule has 0 aliphatic heterocycles. The van der Waals surface area contributed by atoms with Gasteiger partial charge in [0.1, 0.15) is 0 Å². The highest BCUT2D eigenvalue weighted by molar-refractivity contribution is 5.94. The number of allylic oxidation sites excluding steroid dienone is 4. The molecule has 0 radical (unpaired) electrons. The minimum atomic E-state index is -0.198. The molecule has 0 bridgehead atoms. The molecule has 5 heteroatoms. The van der Waals surface area contributed by atoms with Gasteiger partial charge in [-0.3, -0.25) is 10.2 Å². The normalized spacial score (nSPS) is 22.8. The molecular weight excluding hydrogens is 324 g/mol. The first-order valence-electron chi connectivity index (χ1n) is 9.34. The lowest BCUT2D eigenvalue weighted by molar-refractivity contribution is 0.0955. The SMILES string of the molecule is O=C(N/N=C\[C@H]1CC=CCC1)c1ccc(N/N=C\[C@H]2CC=CCC2)cc1. The minimum Gasteiger partial charge on any atom is -0.279 e. The van der Waals surface area contributed by atoms with Crippen molar-refractivity contribution in [3.63, 3.8) is 0 Å². The van der Waals surface area contributed by atoms with Gasteiger partial charge in [-0.2, -0.15) is 10.2 Å². The first kappa shape index (κ1) is 18.1. The number of amides is 1. The van der Waals surface area contributed by atoms with Crippen molar-refractivity contribution >= 4 is 24.0 Å². The Hall–Kier alpha value is -2.69. The van der Waals surface area contributed by atoms with Gasteiger partial charge in [-0.05, 0) is 74.6 Å². The van der Waals surface area contributed by atoms with Gasteiger partial charge in [-0.25, -0.2) is 5.43 Å². The van der Waals surface area contributed by atoms with E-state index in [9.17, 15) is 4.79 Å². The van der Waals surface area contributed by atoms with Crippen LogP contribution in [0.4, 0.5) is 5.69 Å². The summed E-state index contributed by atoms with van der Waals surface area (Å²) in [5.74, 6) is 0.733. The van der Waals surface area contributed by atoms with Crippen molar-refractivity contribution in [1.82, 2.24) is 5.43 Å². The molecule has 1 aromatic rings. The molecule has 0 spiro atoms. The lowest BCUT2D eigenvalue weighted by Crippen LogP contribution is -2.18. The molecule has 0 fully saturated rings. The average molecular weight is 350 g/mol. The number of hydrogen-bond donors (Lipinski definition) is 2. The van der Waals surface area contributed by atoms with Gasteiger partial charge in [0, 0.05) is 18.0 Å². The summed E-state index contributed by atoms with van der Waals surface area (Å²) in [7, 11) is 0. The molecule has 1 amide bonds. The van der Waals surface area contributed by atoms with E-state index >= 15 is 0 Å². The summed E-state index contributed by atoms with van der Waals surface area (Å²) < 4.78 is 0. The summed E-state index contributed by atoms with van der Waals surface area (Å²) >= 11 is 0. The van der Waals surface area contributed by atoms with E-state index in [0.29, 0.717) is 17.4 Å². The van der Waals surface area contributed by atoms with Gasteiger partial charge in [0.2, 0.25) is 0 Å². The predicted molar refractivity (Wildman–Crippen MR) is 107 cm³/mol. The molecule has 26 heavy (non-hydrogen) atoms. The number of nitrogens with zero attached hydrogens (tertiary/aromatic N) is 2. The van der Waals surface area contributed by atoms with Gasteiger partial charge in [0.05, 0.1) is 5.69 Å². The zero-order chi connectivity index (χ0) is 18.0. The van der Waals surface area contributed by atoms with Gasteiger partial charge < -0.3 is 0 Å². The van der Waals surface area contributed by atoms with Crippen LogP contribution < -0.4 is 10.9 Å². The second-order valence-corrected chi connectivity index (χ2v) is 6.78. The van der Waals surface area contributed by atoms with E-state index in [1.165, 1.54) is 0 Å². The first-order chi connectivity index (χ1) is 12.8. The molecule has 0 aromatic heterocycles. The van der Waals surface area contributed by atoms with Crippen LogP contribution in [0.15, 0.2) is 58.8 Å². The Labute approximate surface area is 155 Å². The van der Waals surface area contributed by atoms with E-state index in [0.717, 1.165) is 44.2 Å². The van der Waals surface area contributed by atoms with Crippen LogP contribution in [0.25, 0.3) is 0 Å². The zero-order valence-corrected chi connectivity index (χ0v) is 15.0. The molecule has 2 aliphatic carbocycles. The van der Waals surface area contributed by atoms with Gasteiger partial charge in [-0.1, -0.05) is 24.3 Å². The molecule has 2 N–H and O–H groups in total. The van der Waals surface area contributed by atoms with Crippen molar-refractivity contribution in [2.75, 3.05) is 5.43 Å². The molecule has 0 saturated carbocycles. The number of carbonyl (C=O) groups is 1. The van der Waals surface area contributed by atoms with E-state index in [1.54, 1.807) is 12.1 Å². The second-order valence-electron chi connectivity index (χ2n) is 6.78. The van der Waals surface area contributed by atoms with Gasteiger partial charge in [0.25, 0.3) is 5.91 Å². The molecule has 0 heterocycles. The molecule has 1 aromatic carbocycles. The maximum absolute atomic E-state index is 12.1. The average Bonchev–Trinajstić information content (AvgIpc) is 2.70. The highest BCUT2D eigenvalue weighted by Crippen LogP contribution is 2.17. The zero-order valence-electron chi connectivity index (χ0n) is 15.0. The molecule has 5 nitrogen and oxygen atoms in total. The van der Waals surface area contributed by atoms with E-state index < -0.39 is 0 Å². The Kier molecular flexibility index (Phi) is 6.76. The third kappa shape index (κ3) is 5.69. The van der Waals surface area contributed by atoms with Gasteiger partial charge in [-0.15, -0.1) is 0 Å². The van der Waals surface area contributed by atoms with Crippen LogP contribution in [0.1, 0.15) is 48.9 Å². The molecule has 2 atom stereocenters. The lowest BCUT2D eigenvalue weighted by Gasteiger charge is -2.12. The summed E-state index contributed by atoms with van der Waals surface area (Å²) in [4.78, 5) is 12.1. The van der Waals surface area contributed by atoms with Crippen molar-refractivity contribution in [2.45, 2.75) is 38.5 Å². The highest BCUT2D eigenvalue weighted by atomic mass is 16.2. The largest absolute Gasteiger partial charge is 0.279 e. The van der Waals surface area contributed by atoms with Crippen LogP contribution >= 0.6 is 0 Å². The predicted octanol–water partition coefficient (Wildman–Crippen LogP) is 4.51. The van der Waals surface area contributed by atoms with Crippen molar-refractivity contribution in [3.8, 4) is 0 Å². The topological polar surface area (TPSA) is 65.8 Å².